The molecule has 4 heterocycles. The standard InChI is InChI=1S/C34H38FN3O5/c1-21-5-3-6-27(28-7-4-8-30(36-28)38-16-24-15-34(24,33(39)40)29(38)20-41-2)32(21)43-17-23-10-9-22-11-13-37(25-18-42-19-25)14-12-26(22)31(23)35/h3-10,24-25,29H,11-20H2,1-2H3,(H,39,40)/t24-,29+,34+/m0/s1. The third kappa shape index (κ3) is 4.87. The van der Waals surface area contributed by atoms with Crippen molar-refractivity contribution in [3.8, 4) is 17.0 Å². The van der Waals surface area contributed by atoms with Gasteiger partial charge in [0.05, 0.1) is 43.0 Å². The van der Waals surface area contributed by atoms with Crippen molar-refractivity contribution >= 4 is 11.8 Å². The van der Waals surface area contributed by atoms with Crippen LogP contribution in [0.3, 0.4) is 0 Å². The van der Waals surface area contributed by atoms with Gasteiger partial charge in [-0.3, -0.25) is 9.69 Å². The predicted octanol–water partition coefficient (Wildman–Crippen LogP) is 4.50. The van der Waals surface area contributed by atoms with E-state index in [2.05, 4.69) is 15.9 Å². The van der Waals surface area contributed by atoms with E-state index in [0.717, 1.165) is 66.5 Å². The Balaban J connectivity index is 1.12. The third-order valence-corrected chi connectivity index (χ3v) is 10.0. The van der Waals surface area contributed by atoms with E-state index in [1.807, 2.05) is 49.4 Å². The maximum Gasteiger partial charge on any atom is 0.312 e. The smallest absolute Gasteiger partial charge is 0.312 e. The van der Waals surface area contributed by atoms with E-state index in [1.165, 1.54) is 0 Å². The first-order valence-electron chi connectivity index (χ1n) is 15.2. The summed E-state index contributed by atoms with van der Waals surface area (Å²) >= 11 is 0. The highest BCUT2D eigenvalue weighted by atomic mass is 19.1. The molecule has 7 rings (SSSR count). The summed E-state index contributed by atoms with van der Waals surface area (Å²) < 4.78 is 33.0. The second-order valence-electron chi connectivity index (χ2n) is 12.4. The molecule has 2 aromatic carbocycles. The van der Waals surface area contributed by atoms with Crippen molar-refractivity contribution in [1.29, 1.82) is 0 Å². The fourth-order valence-corrected chi connectivity index (χ4v) is 7.37. The number of carboxylic acids is 1. The van der Waals surface area contributed by atoms with Gasteiger partial charge in [0.25, 0.3) is 0 Å². The number of fused-ring (bicyclic) bond motifs is 2. The first-order valence-corrected chi connectivity index (χ1v) is 15.2. The van der Waals surface area contributed by atoms with Gasteiger partial charge in [-0.2, -0.15) is 0 Å². The Bertz CT molecular complexity index is 1540. The molecule has 0 unspecified atom stereocenters. The SMILES string of the molecule is COC[C@H]1N(c2cccc(-c3cccc(C)c3OCc3ccc4c(c3F)CCN(C3COC3)CC4)n2)C[C@@H]2C[C@@]21C(=O)O. The Morgan fingerprint density at radius 1 is 1.14 bits per heavy atom. The summed E-state index contributed by atoms with van der Waals surface area (Å²) in [5.41, 5.74) is 4.13. The number of hydrogen-bond acceptors (Lipinski definition) is 7. The van der Waals surface area contributed by atoms with Crippen molar-refractivity contribution in [2.75, 3.05) is 51.5 Å². The van der Waals surface area contributed by atoms with Gasteiger partial charge >= 0.3 is 5.97 Å². The Morgan fingerprint density at radius 3 is 2.72 bits per heavy atom. The number of hydrogen-bond donors (Lipinski definition) is 1. The monoisotopic (exact) mass is 587 g/mol. The molecule has 0 amide bonds. The van der Waals surface area contributed by atoms with Gasteiger partial charge in [0.2, 0.25) is 0 Å². The number of aryl methyl sites for hydroxylation is 1. The van der Waals surface area contributed by atoms with Crippen LogP contribution in [0.5, 0.6) is 5.75 Å². The van der Waals surface area contributed by atoms with Crippen LogP contribution in [0.2, 0.25) is 0 Å². The highest BCUT2D eigenvalue weighted by Gasteiger charge is 2.71. The molecule has 3 atom stereocenters. The number of aliphatic carboxylic acids is 1. The minimum absolute atomic E-state index is 0.0968. The molecule has 1 saturated carbocycles. The molecule has 43 heavy (non-hydrogen) atoms. The molecule has 3 aromatic rings. The van der Waals surface area contributed by atoms with Gasteiger partial charge in [-0.05, 0) is 67.0 Å². The number of methoxy groups -OCH3 is 1. The summed E-state index contributed by atoms with van der Waals surface area (Å²) in [5, 5.41) is 10.0. The van der Waals surface area contributed by atoms with E-state index in [9.17, 15) is 9.90 Å². The summed E-state index contributed by atoms with van der Waals surface area (Å²) in [6, 6.07) is 15.8. The number of halogens is 1. The topological polar surface area (TPSA) is 84.4 Å². The molecule has 226 valence electrons. The summed E-state index contributed by atoms with van der Waals surface area (Å²) in [6.45, 7) is 6.35. The molecule has 3 fully saturated rings. The fraction of sp³-hybridized carbons (Fsp3) is 0.471. The quantitative estimate of drug-likeness (QED) is 0.392. The lowest BCUT2D eigenvalue weighted by Gasteiger charge is -2.36. The maximum atomic E-state index is 15.8. The summed E-state index contributed by atoms with van der Waals surface area (Å²) in [7, 11) is 1.61. The highest BCUT2D eigenvalue weighted by Crippen LogP contribution is 2.62. The Labute approximate surface area is 251 Å². The zero-order valence-electron chi connectivity index (χ0n) is 24.7. The van der Waals surface area contributed by atoms with E-state index in [0.29, 0.717) is 43.3 Å². The molecule has 2 saturated heterocycles. The van der Waals surface area contributed by atoms with Crippen LogP contribution in [0.25, 0.3) is 11.3 Å². The van der Waals surface area contributed by atoms with Crippen molar-refractivity contribution in [2.45, 2.75) is 44.9 Å². The second-order valence-corrected chi connectivity index (χ2v) is 12.4. The molecule has 1 aromatic heterocycles. The zero-order chi connectivity index (χ0) is 29.7. The number of rotatable bonds is 9. The maximum absolute atomic E-state index is 15.8. The summed E-state index contributed by atoms with van der Waals surface area (Å²) in [5.74, 6) is 0.558. The second kappa shape index (κ2) is 11.2. The van der Waals surface area contributed by atoms with Gasteiger partial charge in [0.1, 0.15) is 24.0 Å². The van der Waals surface area contributed by atoms with Crippen LogP contribution in [0.4, 0.5) is 10.2 Å². The Morgan fingerprint density at radius 2 is 1.95 bits per heavy atom. The van der Waals surface area contributed by atoms with Crippen LogP contribution in [-0.2, 0) is 33.7 Å². The molecule has 0 bridgehead atoms. The molecule has 3 aliphatic heterocycles. The van der Waals surface area contributed by atoms with Crippen molar-refractivity contribution in [3.63, 3.8) is 0 Å². The molecule has 4 aliphatic rings. The van der Waals surface area contributed by atoms with Crippen LogP contribution in [0.15, 0.2) is 48.5 Å². The van der Waals surface area contributed by atoms with E-state index < -0.39 is 11.4 Å². The van der Waals surface area contributed by atoms with E-state index in [4.69, 9.17) is 19.2 Å². The van der Waals surface area contributed by atoms with E-state index in [1.54, 1.807) is 7.11 Å². The predicted molar refractivity (Wildman–Crippen MR) is 160 cm³/mol. The van der Waals surface area contributed by atoms with E-state index in [-0.39, 0.29) is 24.4 Å². The minimum Gasteiger partial charge on any atom is -0.488 e. The average Bonchev–Trinajstić information content (AvgIpc) is 3.67. The van der Waals surface area contributed by atoms with Gasteiger partial charge in [0.15, 0.2) is 0 Å². The molecule has 8 nitrogen and oxygen atoms in total. The van der Waals surface area contributed by atoms with Crippen LogP contribution >= 0.6 is 0 Å². The molecule has 1 N–H and O–H groups in total. The highest BCUT2D eigenvalue weighted by molar-refractivity contribution is 5.82. The first-order chi connectivity index (χ1) is 20.9. The van der Waals surface area contributed by atoms with Crippen LogP contribution in [0.1, 0.15) is 28.7 Å². The number of carboxylic acid groups (broad SMARTS) is 1. The molecule has 9 heteroatoms. The van der Waals surface area contributed by atoms with Crippen LogP contribution in [0, 0.1) is 24.1 Å². The Hall–Kier alpha value is -3.53. The molecular weight excluding hydrogens is 549 g/mol. The van der Waals surface area contributed by atoms with E-state index >= 15 is 4.39 Å². The number of nitrogens with zero attached hydrogens (tertiary/aromatic N) is 3. The van der Waals surface area contributed by atoms with Crippen molar-refractivity contribution < 1.29 is 28.5 Å². The normalized spacial score (nSPS) is 25.0. The van der Waals surface area contributed by atoms with Crippen LogP contribution < -0.4 is 9.64 Å². The summed E-state index contributed by atoms with van der Waals surface area (Å²) in [4.78, 5) is 21.7. The molecular formula is C34H38FN3O5. The van der Waals surface area contributed by atoms with Crippen molar-refractivity contribution in [3.05, 3.63) is 76.6 Å². The third-order valence-electron chi connectivity index (χ3n) is 10.0. The molecule has 1 aliphatic carbocycles. The number of aromatic nitrogens is 1. The first kappa shape index (κ1) is 28.3. The van der Waals surface area contributed by atoms with Gasteiger partial charge < -0.3 is 24.2 Å². The largest absolute Gasteiger partial charge is 0.488 e. The molecule has 0 radical (unpaired) electrons. The van der Waals surface area contributed by atoms with Gasteiger partial charge in [-0.1, -0.05) is 30.3 Å². The average molecular weight is 588 g/mol. The number of para-hydroxylation sites is 1. The van der Waals surface area contributed by atoms with Crippen LogP contribution in [-0.4, -0.2) is 79.6 Å². The van der Waals surface area contributed by atoms with Gasteiger partial charge in [0, 0.05) is 37.9 Å². The summed E-state index contributed by atoms with van der Waals surface area (Å²) in [6.07, 6.45) is 2.20. The van der Waals surface area contributed by atoms with Gasteiger partial charge in [-0.15, -0.1) is 0 Å². The number of carbonyl (C=O) groups is 1. The van der Waals surface area contributed by atoms with Gasteiger partial charge in [-0.25, -0.2) is 9.37 Å². The lowest BCUT2D eigenvalue weighted by Crippen LogP contribution is -2.49. The number of benzene rings is 2. The number of piperidine rings is 1. The zero-order valence-corrected chi connectivity index (χ0v) is 24.7. The number of pyridine rings is 1. The fourth-order valence-electron chi connectivity index (χ4n) is 7.37. The minimum atomic E-state index is -0.771. The lowest BCUT2D eigenvalue weighted by molar-refractivity contribution is -0.144. The number of ether oxygens (including phenoxy) is 3. The Kier molecular flexibility index (Phi) is 7.35. The lowest BCUT2D eigenvalue weighted by atomic mass is 9.97. The molecule has 0 spiro atoms. The van der Waals surface area contributed by atoms with Crippen molar-refractivity contribution in [2.24, 2.45) is 11.3 Å². The number of anilines is 1. The van der Waals surface area contributed by atoms with Crippen molar-refractivity contribution in [1.82, 2.24) is 9.88 Å².